The second-order valence-corrected chi connectivity index (χ2v) is 4.47. The summed E-state index contributed by atoms with van der Waals surface area (Å²) in [5.41, 5.74) is 2.39. The van der Waals surface area contributed by atoms with Crippen LogP contribution in [0, 0.1) is 0 Å². The van der Waals surface area contributed by atoms with Crippen molar-refractivity contribution in [2.75, 3.05) is 12.4 Å². The first-order valence-electron chi connectivity index (χ1n) is 6.47. The second-order valence-electron chi connectivity index (χ2n) is 4.47. The number of aliphatic hydroxyl groups is 1. The van der Waals surface area contributed by atoms with Crippen LogP contribution >= 0.6 is 0 Å². The average Bonchev–Trinajstić information content (AvgIpc) is 2.55. The van der Waals surface area contributed by atoms with E-state index in [4.69, 9.17) is 5.11 Å². The molecular formula is C16H16N2O3. The summed E-state index contributed by atoms with van der Waals surface area (Å²) in [5, 5.41) is 14.2. The number of hydrogen-bond donors (Lipinski definition) is 3. The Morgan fingerprint density at radius 2 is 1.43 bits per heavy atom. The number of carbonyl (C=O) groups excluding carboxylic acids is 2. The Morgan fingerprint density at radius 3 is 1.95 bits per heavy atom. The molecule has 5 heteroatoms. The van der Waals surface area contributed by atoms with Gasteiger partial charge in [0.1, 0.15) is 0 Å². The number of amides is 2. The molecule has 3 N–H and O–H groups in total. The van der Waals surface area contributed by atoms with Gasteiger partial charge in [-0.15, -0.1) is 0 Å². The van der Waals surface area contributed by atoms with Gasteiger partial charge in [0.2, 0.25) is 0 Å². The molecule has 2 amide bonds. The molecule has 0 aliphatic heterocycles. The highest BCUT2D eigenvalue weighted by molar-refractivity contribution is 6.04. The first-order valence-corrected chi connectivity index (χ1v) is 6.47. The van der Waals surface area contributed by atoms with E-state index in [1.807, 2.05) is 0 Å². The molecule has 2 rings (SSSR count). The van der Waals surface area contributed by atoms with E-state index in [0.29, 0.717) is 16.8 Å². The topological polar surface area (TPSA) is 78.4 Å². The van der Waals surface area contributed by atoms with Crippen molar-refractivity contribution in [1.82, 2.24) is 5.32 Å². The predicted molar refractivity (Wildman–Crippen MR) is 80.2 cm³/mol. The molecule has 108 valence electrons. The number of nitrogens with one attached hydrogen (secondary N) is 2. The van der Waals surface area contributed by atoms with E-state index in [0.717, 1.165) is 5.56 Å². The minimum absolute atomic E-state index is 0.0527. The Labute approximate surface area is 122 Å². The number of aliphatic hydroxyl groups excluding tert-OH is 1. The number of benzene rings is 2. The third-order valence-corrected chi connectivity index (χ3v) is 3.03. The second kappa shape index (κ2) is 6.67. The lowest BCUT2D eigenvalue weighted by atomic mass is 10.1. The quantitative estimate of drug-likeness (QED) is 0.801. The van der Waals surface area contributed by atoms with Crippen molar-refractivity contribution in [2.24, 2.45) is 0 Å². The summed E-state index contributed by atoms with van der Waals surface area (Å²) in [6.45, 7) is -0.0527. The number of anilines is 1. The summed E-state index contributed by atoms with van der Waals surface area (Å²) in [5.74, 6) is -0.417. The highest BCUT2D eigenvalue weighted by atomic mass is 16.3. The monoisotopic (exact) mass is 284 g/mol. The highest BCUT2D eigenvalue weighted by Gasteiger charge is 2.07. The van der Waals surface area contributed by atoms with Crippen LogP contribution in [-0.4, -0.2) is 24.0 Å². The Balaban J connectivity index is 2.06. The molecule has 0 heterocycles. The predicted octanol–water partition coefficient (Wildman–Crippen LogP) is 1.79. The van der Waals surface area contributed by atoms with Crippen molar-refractivity contribution in [3.05, 3.63) is 65.2 Å². The maximum Gasteiger partial charge on any atom is 0.255 e. The molecule has 0 spiro atoms. The van der Waals surface area contributed by atoms with Gasteiger partial charge in [-0.1, -0.05) is 12.1 Å². The molecule has 0 unspecified atom stereocenters. The van der Waals surface area contributed by atoms with Crippen molar-refractivity contribution in [3.63, 3.8) is 0 Å². The van der Waals surface area contributed by atoms with Crippen LogP contribution in [-0.2, 0) is 6.61 Å². The summed E-state index contributed by atoms with van der Waals surface area (Å²) in [7, 11) is 1.56. The molecule has 0 aliphatic rings. The Bertz CT molecular complexity index is 634. The fourth-order valence-electron chi connectivity index (χ4n) is 1.81. The molecule has 0 fully saturated rings. The van der Waals surface area contributed by atoms with E-state index < -0.39 is 0 Å². The fourth-order valence-corrected chi connectivity index (χ4v) is 1.81. The number of rotatable bonds is 4. The van der Waals surface area contributed by atoms with Crippen LogP contribution in [0.4, 0.5) is 5.69 Å². The molecule has 21 heavy (non-hydrogen) atoms. The molecule has 0 atom stereocenters. The van der Waals surface area contributed by atoms with Gasteiger partial charge < -0.3 is 15.7 Å². The van der Waals surface area contributed by atoms with Crippen molar-refractivity contribution >= 4 is 17.5 Å². The average molecular weight is 284 g/mol. The Hall–Kier alpha value is -2.66. The molecule has 2 aromatic rings. The molecular weight excluding hydrogens is 268 g/mol. The SMILES string of the molecule is CNC(=O)c1ccc(NC(=O)c2ccc(CO)cc2)cc1. The fraction of sp³-hybridized carbons (Fsp3) is 0.125. The van der Waals surface area contributed by atoms with Crippen molar-refractivity contribution in [1.29, 1.82) is 0 Å². The van der Waals surface area contributed by atoms with Gasteiger partial charge in [-0.2, -0.15) is 0 Å². The molecule has 0 aliphatic carbocycles. The summed E-state index contributed by atoms with van der Waals surface area (Å²) in [6.07, 6.45) is 0. The highest BCUT2D eigenvalue weighted by Crippen LogP contribution is 2.12. The van der Waals surface area contributed by atoms with Gasteiger partial charge in [0.25, 0.3) is 11.8 Å². The van der Waals surface area contributed by atoms with E-state index >= 15 is 0 Å². The van der Waals surface area contributed by atoms with E-state index in [9.17, 15) is 9.59 Å². The smallest absolute Gasteiger partial charge is 0.255 e. The first-order chi connectivity index (χ1) is 10.1. The third kappa shape index (κ3) is 3.67. The summed E-state index contributed by atoms with van der Waals surface area (Å²) < 4.78 is 0. The lowest BCUT2D eigenvalue weighted by Gasteiger charge is -2.07. The zero-order valence-corrected chi connectivity index (χ0v) is 11.6. The van der Waals surface area contributed by atoms with Crippen LogP contribution in [0.1, 0.15) is 26.3 Å². The van der Waals surface area contributed by atoms with Crippen molar-refractivity contribution < 1.29 is 14.7 Å². The van der Waals surface area contributed by atoms with Gasteiger partial charge >= 0.3 is 0 Å². The molecule has 0 radical (unpaired) electrons. The molecule has 0 saturated carbocycles. The summed E-state index contributed by atoms with van der Waals surface area (Å²) in [6, 6.07) is 13.3. The van der Waals surface area contributed by atoms with Gasteiger partial charge in [-0.25, -0.2) is 0 Å². The van der Waals surface area contributed by atoms with E-state index in [-0.39, 0.29) is 18.4 Å². The minimum Gasteiger partial charge on any atom is -0.392 e. The van der Waals surface area contributed by atoms with Crippen LogP contribution in [0.15, 0.2) is 48.5 Å². The number of hydrogen-bond acceptors (Lipinski definition) is 3. The zero-order chi connectivity index (χ0) is 15.2. The van der Waals surface area contributed by atoms with Gasteiger partial charge in [-0.3, -0.25) is 9.59 Å². The number of carbonyl (C=O) groups is 2. The summed E-state index contributed by atoms with van der Waals surface area (Å²) in [4.78, 5) is 23.4. The van der Waals surface area contributed by atoms with Gasteiger partial charge in [0, 0.05) is 23.9 Å². The minimum atomic E-state index is -0.243. The molecule has 0 saturated heterocycles. The van der Waals surface area contributed by atoms with E-state index in [1.165, 1.54) is 0 Å². The van der Waals surface area contributed by atoms with Gasteiger partial charge in [-0.05, 0) is 42.0 Å². The van der Waals surface area contributed by atoms with Crippen LogP contribution in [0.25, 0.3) is 0 Å². The molecule has 0 bridgehead atoms. The Kier molecular flexibility index (Phi) is 4.68. The van der Waals surface area contributed by atoms with Crippen LogP contribution < -0.4 is 10.6 Å². The normalized spacial score (nSPS) is 10.0. The van der Waals surface area contributed by atoms with Gasteiger partial charge in [0.15, 0.2) is 0 Å². The van der Waals surface area contributed by atoms with Crippen molar-refractivity contribution in [3.8, 4) is 0 Å². The van der Waals surface area contributed by atoms with Gasteiger partial charge in [0.05, 0.1) is 6.61 Å². The molecule has 2 aromatic carbocycles. The van der Waals surface area contributed by atoms with E-state index in [2.05, 4.69) is 10.6 Å². The molecule has 0 aromatic heterocycles. The van der Waals surface area contributed by atoms with Crippen LogP contribution in [0.2, 0.25) is 0 Å². The standard InChI is InChI=1S/C16H16N2O3/c1-17-15(20)12-6-8-14(9-7-12)18-16(21)13-4-2-11(10-19)3-5-13/h2-9,19H,10H2,1H3,(H,17,20)(H,18,21). The third-order valence-electron chi connectivity index (χ3n) is 3.03. The summed E-state index contributed by atoms with van der Waals surface area (Å²) >= 11 is 0. The lowest BCUT2D eigenvalue weighted by Crippen LogP contribution is -2.17. The maximum absolute atomic E-state index is 12.0. The zero-order valence-electron chi connectivity index (χ0n) is 11.6. The largest absolute Gasteiger partial charge is 0.392 e. The maximum atomic E-state index is 12.0. The van der Waals surface area contributed by atoms with Crippen molar-refractivity contribution in [2.45, 2.75) is 6.61 Å². The van der Waals surface area contributed by atoms with Crippen LogP contribution in [0.5, 0.6) is 0 Å². The van der Waals surface area contributed by atoms with Crippen LogP contribution in [0.3, 0.4) is 0 Å². The van der Waals surface area contributed by atoms with E-state index in [1.54, 1.807) is 55.6 Å². The molecule has 5 nitrogen and oxygen atoms in total. The first kappa shape index (κ1) is 14.7. The Morgan fingerprint density at radius 1 is 0.905 bits per heavy atom. The lowest BCUT2D eigenvalue weighted by molar-refractivity contribution is 0.0962.